The molecular weight excluding hydrogens is 265 g/mol. The molecule has 0 bridgehead atoms. The van der Waals surface area contributed by atoms with Crippen LogP contribution in [0.4, 0.5) is 13.2 Å². The summed E-state index contributed by atoms with van der Waals surface area (Å²) in [6.07, 6.45) is -3.62. The zero-order chi connectivity index (χ0) is 14.6. The number of halogens is 3. The second kappa shape index (κ2) is 5.64. The molecule has 7 heteroatoms. The van der Waals surface area contributed by atoms with Gasteiger partial charge in [-0.3, -0.25) is 0 Å². The largest absolute Gasteiger partial charge is 0.573 e. The van der Waals surface area contributed by atoms with Crippen LogP contribution in [0.5, 0.6) is 11.5 Å². The van der Waals surface area contributed by atoms with Gasteiger partial charge in [-0.15, -0.1) is 13.2 Å². The van der Waals surface area contributed by atoms with E-state index in [1.54, 1.807) is 0 Å². The minimum absolute atomic E-state index is 0.0110. The summed E-state index contributed by atoms with van der Waals surface area (Å²) in [7, 11) is 1.20. The van der Waals surface area contributed by atoms with Gasteiger partial charge in [0.2, 0.25) is 0 Å². The van der Waals surface area contributed by atoms with Gasteiger partial charge < -0.3 is 14.6 Å². The van der Waals surface area contributed by atoms with Gasteiger partial charge in [0.05, 0.1) is 7.11 Å². The molecule has 1 rings (SSSR count). The van der Waals surface area contributed by atoms with E-state index in [4.69, 9.17) is 9.84 Å². The number of methoxy groups -OCH3 is 1. The fourth-order valence-electron chi connectivity index (χ4n) is 1.30. The first-order valence-corrected chi connectivity index (χ1v) is 5.08. The van der Waals surface area contributed by atoms with Crippen LogP contribution in [-0.2, 0) is 4.79 Å². The second-order valence-electron chi connectivity index (χ2n) is 3.59. The van der Waals surface area contributed by atoms with E-state index in [1.807, 2.05) is 0 Å². The Hall–Kier alpha value is -2.18. The molecule has 0 fully saturated rings. The molecule has 0 heterocycles. The molecule has 0 atom stereocenters. The summed E-state index contributed by atoms with van der Waals surface area (Å²) in [5.41, 5.74) is 0.253. The third kappa shape index (κ3) is 4.53. The molecule has 4 nitrogen and oxygen atoms in total. The van der Waals surface area contributed by atoms with E-state index in [-0.39, 0.29) is 16.9 Å². The first kappa shape index (κ1) is 14.9. The van der Waals surface area contributed by atoms with Crippen LogP contribution in [0, 0.1) is 0 Å². The Labute approximate surface area is 107 Å². The number of rotatable bonds is 4. The molecule has 1 aromatic rings. The van der Waals surface area contributed by atoms with Crippen LogP contribution in [0.3, 0.4) is 0 Å². The Morgan fingerprint density at radius 3 is 2.42 bits per heavy atom. The maximum atomic E-state index is 12.2. The highest BCUT2D eigenvalue weighted by atomic mass is 19.4. The molecule has 1 aromatic carbocycles. The summed E-state index contributed by atoms with van der Waals surface area (Å²) in [6, 6.07) is 3.75. The van der Waals surface area contributed by atoms with Crippen LogP contribution in [0.15, 0.2) is 23.8 Å². The van der Waals surface area contributed by atoms with Crippen molar-refractivity contribution < 1.29 is 32.5 Å². The van der Waals surface area contributed by atoms with Crippen LogP contribution in [0.25, 0.3) is 6.08 Å². The topological polar surface area (TPSA) is 55.8 Å². The van der Waals surface area contributed by atoms with Gasteiger partial charge in [-0.05, 0) is 30.7 Å². The standard InChI is InChI=1S/C12H11F3O4/c1-7(11(16)17)5-8-3-4-9(18-2)10(6-8)19-12(13,14)15/h3-6H,1-2H3,(H,16,17). The van der Waals surface area contributed by atoms with Gasteiger partial charge in [0, 0.05) is 5.57 Å². The highest BCUT2D eigenvalue weighted by Gasteiger charge is 2.32. The van der Waals surface area contributed by atoms with Crippen molar-refractivity contribution in [3.63, 3.8) is 0 Å². The van der Waals surface area contributed by atoms with Crippen LogP contribution in [0.1, 0.15) is 12.5 Å². The fourth-order valence-corrected chi connectivity index (χ4v) is 1.30. The Balaban J connectivity index is 3.15. The molecule has 0 aliphatic heterocycles. The smallest absolute Gasteiger partial charge is 0.493 e. The van der Waals surface area contributed by atoms with E-state index in [0.29, 0.717) is 0 Å². The number of alkyl halides is 3. The van der Waals surface area contributed by atoms with Gasteiger partial charge in [-0.2, -0.15) is 0 Å². The van der Waals surface area contributed by atoms with Crippen molar-refractivity contribution >= 4 is 12.0 Å². The van der Waals surface area contributed by atoms with Crippen molar-refractivity contribution in [2.24, 2.45) is 0 Å². The van der Waals surface area contributed by atoms with Gasteiger partial charge in [-0.1, -0.05) is 6.07 Å². The van der Waals surface area contributed by atoms with Gasteiger partial charge in [-0.25, -0.2) is 4.79 Å². The lowest BCUT2D eigenvalue weighted by Gasteiger charge is -2.13. The third-order valence-electron chi connectivity index (χ3n) is 2.13. The molecule has 19 heavy (non-hydrogen) atoms. The Morgan fingerprint density at radius 1 is 1.32 bits per heavy atom. The number of carbonyl (C=O) groups is 1. The Kier molecular flexibility index (Phi) is 4.42. The zero-order valence-electron chi connectivity index (χ0n) is 10.1. The quantitative estimate of drug-likeness (QED) is 0.859. The number of hydrogen-bond acceptors (Lipinski definition) is 3. The molecule has 104 valence electrons. The summed E-state index contributed by atoms with van der Waals surface area (Å²) in [6.45, 7) is 1.33. The lowest BCUT2D eigenvalue weighted by atomic mass is 10.1. The van der Waals surface area contributed by atoms with Crippen molar-refractivity contribution in [3.05, 3.63) is 29.3 Å². The molecule has 0 saturated heterocycles. The molecule has 0 aliphatic carbocycles. The predicted molar refractivity (Wildman–Crippen MR) is 61.0 cm³/mol. The van der Waals surface area contributed by atoms with Crippen molar-refractivity contribution in [1.82, 2.24) is 0 Å². The fraction of sp³-hybridized carbons (Fsp3) is 0.250. The molecule has 1 N–H and O–H groups in total. The predicted octanol–water partition coefficient (Wildman–Crippen LogP) is 3.08. The van der Waals surface area contributed by atoms with Crippen LogP contribution < -0.4 is 9.47 Å². The Morgan fingerprint density at radius 2 is 1.95 bits per heavy atom. The lowest BCUT2D eigenvalue weighted by molar-refractivity contribution is -0.275. The summed E-state index contributed by atoms with van der Waals surface area (Å²) in [5.74, 6) is -1.78. The number of aliphatic carboxylic acids is 1. The van der Waals surface area contributed by atoms with Gasteiger partial charge in [0.25, 0.3) is 0 Å². The molecule has 0 amide bonds. The maximum Gasteiger partial charge on any atom is 0.573 e. The number of ether oxygens (including phenoxy) is 2. The first-order chi connectivity index (χ1) is 8.73. The minimum Gasteiger partial charge on any atom is -0.493 e. The van der Waals surface area contributed by atoms with Gasteiger partial charge in [0.1, 0.15) is 0 Å². The Bertz CT molecular complexity index is 506. The third-order valence-corrected chi connectivity index (χ3v) is 2.13. The van der Waals surface area contributed by atoms with E-state index < -0.39 is 18.1 Å². The molecule has 0 radical (unpaired) electrons. The molecular formula is C12H11F3O4. The SMILES string of the molecule is COc1ccc(C=C(C)C(=O)O)cc1OC(F)(F)F. The maximum absolute atomic E-state index is 12.2. The molecule has 0 spiro atoms. The summed E-state index contributed by atoms with van der Waals surface area (Å²) >= 11 is 0. The highest BCUT2D eigenvalue weighted by molar-refractivity contribution is 5.91. The number of benzene rings is 1. The second-order valence-corrected chi connectivity index (χ2v) is 3.59. The minimum atomic E-state index is -4.85. The van der Waals surface area contributed by atoms with E-state index in [1.165, 1.54) is 32.2 Å². The molecule has 0 aromatic heterocycles. The monoisotopic (exact) mass is 276 g/mol. The zero-order valence-corrected chi connectivity index (χ0v) is 10.1. The van der Waals surface area contributed by atoms with Crippen molar-refractivity contribution in [2.75, 3.05) is 7.11 Å². The summed E-state index contributed by atoms with van der Waals surface area (Å²) in [4.78, 5) is 10.6. The van der Waals surface area contributed by atoms with E-state index in [9.17, 15) is 18.0 Å². The normalized spacial score (nSPS) is 12.2. The first-order valence-electron chi connectivity index (χ1n) is 5.08. The highest BCUT2D eigenvalue weighted by Crippen LogP contribution is 2.33. The number of hydrogen-bond donors (Lipinski definition) is 1. The van der Waals surface area contributed by atoms with Crippen LogP contribution >= 0.6 is 0 Å². The van der Waals surface area contributed by atoms with Gasteiger partial charge >= 0.3 is 12.3 Å². The number of carboxylic acid groups (broad SMARTS) is 1. The van der Waals surface area contributed by atoms with Crippen molar-refractivity contribution in [3.8, 4) is 11.5 Å². The van der Waals surface area contributed by atoms with E-state index in [2.05, 4.69) is 4.74 Å². The average molecular weight is 276 g/mol. The van der Waals surface area contributed by atoms with Gasteiger partial charge in [0.15, 0.2) is 11.5 Å². The number of carboxylic acids is 1. The van der Waals surface area contributed by atoms with Crippen molar-refractivity contribution in [2.45, 2.75) is 13.3 Å². The van der Waals surface area contributed by atoms with Crippen molar-refractivity contribution in [1.29, 1.82) is 0 Å². The summed E-state index contributed by atoms with van der Waals surface area (Å²) < 4.78 is 45.1. The lowest BCUT2D eigenvalue weighted by Crippen LogP contribution is -2.17. The van der Waals surface area contributed by atoms with E-state index >= 15 is 0 Å². The summed E-state index contributed by atoms with van der Waals surface area (Å²) in [5, 5.41) is 8.70. The molecule has 0 saturated carbocycles. The van der Waals surface area contributed by atoms with E-state index in [0.717, 1.165) is 6.07 Å². The molecule has 0 aliphatic rings. The van der Waals surface area contributed by atoms with Crippen LogP contribution in [-0.4, -0.2) is 24.5 Å². The van der Waals surface area contributed by atoms with Crippen LogP contribution in [0.2, 0.25) is 0 Å². The average Bonchev–Trinajstić information content (AvgIpc) is 2.27. The molecule has 0 unspecified atom stereocenters.